The number of carbonyl (C=O) groups is 2. The van der Waals surface area contributed by atoms with Crippen molar-refractivity contribution in [1.82, 2.24) is 5.32 Å². The number of carbonyl (C=O) groups excluding carboxylic acids is 2. The number of benzene rings is 1. The van der Waals surface area contributed by atoms with E-state index in [9.17, 15) is 14.7 Å². The fraction of sp³-hybridized carbons (Fsp3) is 0.250. The van der Waals surface area contributed by atoms with Crippen molar-refractivity contribution in [2.45, 2.75) is 13.5 Å². The molecule has 0 unspecified atom stereocenters. The van der Waals surface area contributed by atoms with Gasteiger partial charge in [0.05, 0.1) is 31.4 Å². The smallest absolute Gasteiger partial charge is 0.331 e. The second kappa shape index (κ2) is 9.00. The molecule has 0 saturated carbocycles. The van der Waals surface area contributed by atoms with E-state index in [-0.39, 0.29) is 16.7 Å². The third-order valence-corrected chi connectivity index (χ3v) is 3.91. The minimum atomic E-state index is -0.617. The van der Waals surface area contributed by atoms with E-state index in [0.29, 0.717) is 17.9 Å². The molecule has 0 spiro atoms. The summed E-state index contributed by atoms with van der Waals surface area (Å²) in [5.74, 6) is -0.439. The number of nitrogens with one attached hydrogen (secondary N) is 1. The van der Waals surface area contributed by atoms with E-state index in [0.717, 1.165) is 23.4 Å². The van der Waals surface area contributed by atoms with Crippen LogP contribution in [-0.4, -0.2) is 42.1 Å². The highest BCUT2D eigenvalue weighted by atomic mass is 32.2. The summed E-state index contributed by atoms with van der Waals surface area (Å²) < 4.78 is 9.88. The molecule has 1 amide bonds. The van der Waals surface area contributed by atoms with Crippen molar-refractivity contribution in [3.8, 4) is 5.75 Å². The number of aliphatic hydroxyl groups excluding tert-OH is 1. The first-order valence-electron chi connectivity index (χ1n) is 7.33. The molecule has 1 aromatic carbocycles. The Bertz CT molecular complexity index is 758. The highest BCUT2D eigenvalue weighted by Crippen LogP contribution is 2.23. The number of rotatable bonds is 6. The molecule has 0 radical (unpaired) electrons. The summed E-state index contributed by atoms with van der Waals surface area (Å²) in [5.41, 5.74) is 1.36. The summed E-state index contributed by atoms with van der Waals surface area (Å²) in [6, 6.07) is 5.25. The maximum absolute atomic E-state index is 11.7. The van der Waals surface area contributed by atoms with Gasteiger partial charge in [-0.2, -0.15) is 5.10 Å². The molecule has 1 aromatic rings. The molecule has 0 atom stereocenters. The van der Waals surface area contributed by atoms with E-state index in [2.05, 4.69) is 20.3 Å². The molecule has 1 fully saturated rings. The molecule has 0 bridgehead atoms. The molecule has 0 aliphatic carbocycles. The Balaban J connectivity index is 2.08. The molecule has 1 aliphatic rings. The van der Waals surface area contributed by atoms with Crippen molar-refractivity contribution in [2.24, 2.45) is 10.2 Å². The minimum Gasteiger partial charge on any atom is -0.494 e. The van der Waals surface area contributed by atoms with Crippen LogP contribution in [0.5, 0.6) is 5.75 Å². The van der Waals surface area contributed by atoms with Gasteiger partial charge < -0.3 is 14.6 Å². The summed E-state index contributed by atoms with van der Waals surface area (Å²) in [6.07, 6.45) is 2.57. The second-order valence-electron chi connectivity index (χ2n) is 4.70. The van der Waals surface area contributed by atoms with Crippen molar-refractivity contribution in [1.29, 1.82) is 0 Å². The van der Waals surface area contributed by atoms with Crippen molar-refractivity contribution < 1.29 is 24.2 Å². The number of amidine groups is 1. The number of esters is 1. The van der Waals surface area contributed by atoms with E-state index < -0.39 is 11.9 Å². The lowest BCUT2D eigenvalue weighted by atomic mass is 10.1. The van der Waals surface area contributed by atoms with E-state index in [1.54, 1.807) is 18.2 Å². The maximum atomic E-state index is 11.7. The lowest BCUT2D eigenvalue weighted by molar-refractivity contribution is -0.135. The van der Waals surface area contributed by atoms with Gasteiger partial charge in [0, 0.05) is 11.6 Å². The van der Waals surface area contributed by atoms with Crippen LogP contribution in [-0.2, 0) is 20.9 Å². The number of hydrogen-bond acceptors (Lipinski definition) is 8. The number of ether oxygens (including phenoxy) is 2. The zero-order valence-corrected chi connectivity index (χ0v) is 14.5. The molecule has 132 valence electrons. The number of nitrogens with zero attached hydrogens (tertiary/aromatic N) is 2. The third-order valence-electron chi connectivity index (χ3n) is 3.01. The van der Waals surface area contributed by atoms with Gasteiger partial charge >= 0.3 is 5.97 Å². The quantitative estimate of drug-likeness (QED) is 0.340. The van der Waals surface area contributed by atoms with E-state index in [1.165, 1.54) is 13.3 Å². The summed E-state index contributed by atoms with van der Waals surface area (Å²) >= 11 is 0.990. The minimum absolute atomic E-state index is 0.154. The van der Waals surface area contributed by atoms with Crippen LogP contribution in [0.4, 0.5) is 0 Å². The molecule has 1 heterocycles. The van der Waals surface area contributed by atoms with Crippen LogP contribution in [0.1, 0.15) is 18.1 Å². The fourth-order valence-corrected chi connectivity index (χ4v) is 2.63. The standard InChI is InChI=1S/C16H17N3O5S/c1-3-24-12-5-4-10(6-11(12)9-20)8-17-19-16-18-15(22)13(25-16)7-14(21)23-2/h4-8,20H,3,9H2,1-2H3,(H,18,19,22)/b13-7+,17-8?. The first kappa shape index (κ1) is 18.7. The van der Waals surface area contributed by atoms with Crippen LogP contribution < -0.4 is 10.1 Å². The summed E-state index contributed by atoms with van der Waals surface area (Å²) in [6.45, 7) is 2.22. The number of hydrogen-bond donors (Lipinski definition) is 2. The Morgan fingerprint density at radius 2 is 2.24 bits per heavy atom. The number of methoxy groups -OCH3 is 1. The van der Waals surface area contributed by atoms with Crippen LogP contribution >= 0.6 is 11.8 Å². The maximum Gasteiger partial charge on any atom is 0.331 e. The Hall–Kier alpha value is -2.65. The van der Waals surface area contributed by atoms with Crippen molar-refractivity contribution in [3.63, 3.8) is 0 Å². The van der Waals surface area contributed by atoms with E-state index in [1.807, 2.05) is 6.92 Å². The van der Waals surface area contributed by atoms with Gasteiger partial charge in [-0.1, -0.05) is 0 Å². The van der Waals surface area contributed by atoms with Gasteiger partial charge in [0.2, 0.25) is 0 Å². The van der Waals surface area contributed by atoms with Crippen LogP contribution in [0.15, 0.2) is 39.4 Å². The Morgan fingerprint density at radius 1 is 1.44 bits per heavy atom. The SMILES string of the molecule is CCOc1ccc(C=N/N=C2/NC(=O)/C(=C\C(=O)OC)S2)cc1CO. The predicted octanol–water partition coefficient (Wildman–Crippen LogP) is 1.19. The summed E-state index contributed by atoms with van der Waals surface area (Å²) in [7, 11) is 1.23. The zero-order chi connectivity index (χ0) is 18.2. The Kier molecular flexibility index (Phi) is 6.72. The molecule has 0 aromatic heterocycles. The molecule has 2 N–H and O–H groups in total. The topological polar surface area (TPSA) is 110 Å². The highest BCUT2D eigenvalue weighted by Gasteiger charge is 2.24. The molecule has 1 aliphatic heterocycles. The van der Waals surface area contributed by atoms with Gasteiger partial charge in [-0.25, -0.2) is 4.79 Å². The largest absolute Gasteiger partial charge is 0.494 e. The van der Waals surface area contributed by atoms with Crippen molar-refractivity contribution >= 4 is 35.0 Å². The van der Waals surface area contributed by atoms with Crippen molar-refractivity contribution in [2.75, 3.05) is 13.7 Å². The molecule has 9 heteroatoms. The number of thioether (sulfide) groups is 1. The van der Waals surface area contributed by atoms with Gasteiger partial charge in [-0.15, -0.1) is 5.10 Å². The highest BCUT2D eigenvalue weighted by molar-refractivity contribution is 8.18. The average Bonchev–Trinajstić information content (AvgIpc) is 2.95. The van der Waals surface area contributed by atoms with Gasteiger partial charge in [-0.3, -0.25) is 10.1 Å². The number of amides is 1. The molecule has 25 heavy (non-hydrogen) atoms. The molecule has 1 saturated heterocycles. The Morgan fingerprint density at radius 3 is 2.92 bits per heavy atom. The van der Waals surface area contributed by atoms with Gasteiger partial charge in [0.1, 0.15) is 5.75 Å². The molecule has 2 rings (SSSR count). The van der Waals surface area contributed by atoms with Crippen LogP contribution in [0, 0.1) is 0 Å². The van der Waals surface area contributed by atoms with Gasteiger partial charge in [0.25, 0.3) is 5.91 Å². The molecular weight excluding hydrogens is 346 g/mol. The zero-order valence-electron chi connectivity index (χ0n) is 13.7. The van der Waals surface area contributed by atoms with Crippen LogP contribution in [0.3, 0.4) is 0 Å². The third kappa shape index (κ3) is 5.16. The molecule has 8 nitrogen and oxygen atoms in total. The second-order valence-corrected chi connectivity index (χ2v) is 5.73. The normalized spacial score (nSPS) is 17.3. The monoisotopic (exact) mass is 363 g/mol. The summed E-state index contributed by atoms with van der Waals surface area (Å²) in [5, 5.41) is 19.9. The number of aliphatic hydroxyl groups is 1. The fourth-order valence-electron chi connectivity index (χ4n) is 1.89. The Labute approximate surface area is 148 Å². The van der Waals surface area contributed by atoms with Crippen LogP contribution in [0.2, 0.25) is 0 Å². The van der Waals surface area contributed by atoms with Gasteiger partial charge in [0.15, 0.2) is 5.17 Å². The van der Waals surface area contributed by atoms with Crippen molar-refractivity contribution in [3.05, 3.63) is 40.3 Å². The summed E-state index contributed by atoms with van der Waals surface area (Å²) in [4.78, 5) is 23.0. The van der Waals surface area contributed by atoms with E-state index in [4.69, 9.17) is 4.74 Å². The lowest BCUT2D eigenvalue weighted by Crippen LogP contribution is -2.19. The first-order valence-corrected chi connectivity index (χ1v) is 8.15. The van der Waals surface area contributed by atoms with Crippen LogP contribution in [0.25, 0.3) is 0 Å². The lowest BCUT2D eigenvalue weighted by Gasteiger charge is -2.08. The predicted molar refractivity (Wildman–Crippen MR) is 94.4 cm³/mol. The molecular formula is C16H17N3O5S. The van der Waals surface area contributed by atoms with E-state index >= 15 is 0 Å². The average molecular weight is 363 g/mol. The van der Waals surface area contributed by atoms with Gasteiger partial charge in [-0.05, 0) is 42.4 Å². The first-order chi connectivity index (χ1) is 12.1.